The molecule has 132 valence electrons. The minimum absolute atomic E-state index is 0.0239. The molecule has 2 unspecified atom stereocenters. The van der Waals surface area contributed by atoms with Crippen molar-refractivity contribution >= 4 is 21.9 Å². The largest absolute Gasteiger partial charge is 0.481 e. The number of carbonyl (C=O) groups excluding carboxylic acids is 1. The first-order valence-corrected chi connectivity index (χ1v) is 9.11. The Kier molecular flexibility index (Phi) is 5.29. The summed E-state index contributed by atoms with van der Waals surface area (Å²) in [5.74, 6) is -1.91. The zero-order chi connectivity index (χ0) is 18.1. The highest BCUT2D eigenvalue weighted by Gasteiger charge is 2.36. The summed E-state index contributed by atoms with van der Waals surface area (Å²) in [4.78, 5) is 24.6. The van der Waals surface area contributed by atoms with Crippen LogP contribution in [0.3, 0.4) is 0 Å². The standard InChI is InChI=1S/C16H22N2O5S/c1-11-8-13(16(20)21)10-18(9-11)24(22,23)14-6-4-12(5-7-14)15(19)17(2)3/h4-7,11,13H,8-10H2,1-3H3,(H,20,21). The van der Waals surface area contributed by atoms with Crippen molar-refractivity contribution in [3.05, 3.63) is 29.8 Å². The van der Waals surface area contributed by atoms with Crippen LogP contribution in [-0.2, 0) is 14.8 Å². The molecule has 1 saturated heterocycles. The third-order valence-corrected chi connectivity index (χ3v) is 5.97. The minimum Gasteiger partial charge on any atom is -0.481 e. The van der Waals surface area contributed by atoms with Gasteiger partial charge in [-0.05, 0) is 36.6 Å². The van der Waals surface area contributed by atoms with Crippen LogP contribution in [0.5, 0.6) is 0 Å². The van der Waals surface area contributed by atoms with Crippen molar-refractivity contribution in [2.24, 2.45) is 11.8 Å². The van der Waals surface area contributed by atoms with Crippen LogP contribution in [-0.4, -0.2) is 61.8 Å². The van der Waals surface area contributed by atoms with Gasteiger partial charge >= 0.3 is 5.97 Å². The number of piperidine rings is 1. The molecule has 24 heavy (non-hydrogen) atoms. The first-order chi connectivity index (χ1) is 11.1. The zero-order valence-corrected chi connectivity index (χ0v) is 14.8. The molecule has 0 spiro atoms. The fourth-order valence-corrected chi connectivity index (χ4v) is 4.46. The van der Waals surface area contributed by atoms with Gasteiger partial charge in [0.1, 0.15) is 0 Å². The second kappa shape index (κ2) is 6.90. The van der Waals surface area contributed by atoms with Gasteiger partial charge < -0.3 is 10.0 Å². The number of amides is 1. The van der Waals surface area contributed by atoms with Gasteiger partial charge in [-0.1, -0.05) is 6.92 Å². The average Bonchev–Trinajstić information content (AvgIpc) is 2.53. The minimum atomic E-state index is -3.78. The molecule has 8 heteroatoms. The maximum atomic E-state index is 12.8. The van der Waals surface area contributed by atoms with E-state index in [2.05, 4.69) is 0 Å². The van der Waals surface area contributed by atoms with Crippen LogP contribution in [0.1, 0.15) is 23.7 Å². The Morgan fingerprint density at radius 2 is 1.75 bits per heavy atom. The van der Waals surface area contributed by atoms with Gasteiger partial charge in [-0.3, -0.25) is 9.59 Å². The highest BCUT2D eigenvalue weighted by molar-refractivity contribution is 7.89. The van der Waals surface area contributed by atoms with Gasteiger partial charge in [-0.15, -0.1) is 0 Å². The molecule has 7 nitrogen and oxygen atoms in total. The van der Waals surface area contributed by atoms with Gasteiger partial charge in [-0.25, -0.2) is 8.42 Å². The molecule has 1 heterocycles. The van der Waals surface area contributed by atoms with Crippen molar-refractivity contribution in [1.29, 1.82) is 0 Å². The van der Waals surface area contributed by atoms with Crippen LogP contribution in [0, 0.1) is 11.8 Å². The van der Waals surface area contributed by atoms with Gasteiger partial charge in [-0.2, -0.15) is 4.31 Å². The Morgan fingerprint density at radius 1 is 1.17 bits per heavy atom. The summed E-state index contributed by atoms with van der Waals surface area (Å²) in [5.41, 5.74) is 0.398. The first kappa shape index (κ1) is 18.4. The average molecular weight is 354 g/mol. The second-order valence-corrected chi connectivity index (χ2v) is 8.36. The maximum Gasteiger partial charge on any atom is 0.307 e. The summed E-state index contributed by atoms with van der Waals surface area (Å²) in [5, 5.41) is 9.20. The summed E-state index contributed by atoms with van der Waals surface area (Å²) >= 11 is 0. The maximum absolute atomic E-state index is 12.8. The number of carbonyl (C=O) groups is 2. The van der Waals surface area contributed by atoms with Crippen LogP contribution >= 0.6 is 0 Å². The van der Waals surface area contributed by atoms with Crippen molar-refractivity contribution in [3.8, 4) is 0 Å². The molecule has 0 saturated carbocycles. The van der Waals surface area contributed by atoms with E-state index in [1.807, 2.05) is 6.92 Å². The third-order valence-electron chi connectivity index (χ3n) is 4.12. The summed E-state index contributed by atoms with van der Waals surface area (Å²) in [6.07, 6.45) is 0.470. The van der Waals surface area contributed by atoms with E-state index in [-0.39, 0.29) is 23.3 Å². The fourth-order valence-electron chi connectivity index (χ4n) is 2.85. The van der Waals surface area contributed by atoms with Crippen molar-refractivity contribution in [2.45, 2.75) is 18.2 Å². The van der Waals surface area contributed by atoms with Crippen LogP contribution in [0.2, 0.25) is 0 Å². The molecule has 1 aliphatic heterocycles. The lowest BCUT2D eigenvalue weighted by atomic mass is 9.92. The summed E-state index contributed by atoms with van der Waals surface area (Å²) < 4.78 is 26.7. The monoisotopic (exact) mass is 354 g/mol. The Hall–Kier alpha value is -1.93. The molecule has 0 radical (unpaired) electrons. The number of benzene rings is 1. The number of carboxylic acids is 1. The molecule has 1 aromatic carbocycles. The Balaban J connectivity index is 2.26. The lowest BCUT2D eigenvalue weighted by Gasteiger charge is -2.33. The molecule has 2 atom stereocenters. The van der Waals surface area contributed by atoms with Gasteiger partial charge in [0.15, 0.2) is 0 Å². The molecular formula is C16H22N2O5S. The van der Waals surface area contributed by atoms with E-state index in [0.29, 0.717) is 18.5 Å². The highest BCUT2D eigenvalue weighted by Crippen LogP contribution is 2.27. The van der Waals surface area contributed by atoms with E-state index < -0.39 is 21.9 Å². The lowest BCUT2D eigenvalue weighted by Crippen LogP contribution is -2.45. The van der Waals surface area contributed by atoms with Crippen molar-refractivity contribution in [1.82, 2.24) is 9.21 Å². The van der Waals surface area contributed by atoms with Crippen molar-refractivity contribution in [3.63, 3.8) is 0 Å². The number of aliphatic carboxylic acids is 1. The topological polar surface area (TPSA) is 95.0 Å². The van der Waals surface area contributed by atoms with E-state index in [1.54, 1.807) is 14.1 Å². The summed E-state index contributed by atoms with van der Waals surface area (Å²) in [6.45, 7) is 2.11. The Morgan fingerprint density at radius 3 is 2.25 bits per heavy atom. The number of nitrogens with zero attached hydrogens (tertiary/aromatic N) is 2. The number of hydrogen-bond acceptors (Lipinski definition) is 4. The fraction of sp³-hybridized carbons (Fsp3) is 0.500. The Bertz CT molecular complexity index is 727. The van der Waals surface area contributed by atoms with Gasteiger partial charge in [0.05, 0.1) is 10.8 Å². The van der Waals surface area contributed by atoms with E-state index >= 15 is 0 Å². The molecular weight excluding hydrogens is 332 g/mol. The SMILES string of the molecule is CC1CC(C(=O)O)CN(S(=O)(=O)c2ccc(C(=O)N(C)C)cc2)C1. The van der Waals surface area contributed by atoms with E-state index in [1.165, 1.54) is 33.5 Å². The molecule has 1 aliphatic rings. The molecule has 1 aromatic rings. The predicted octanol–water partition coefficient (Wildman–Crippen LogP) is 1.12. The van der Waals surface area contributed by atoms with Gasteiger partial charge in [0.2, 0.25) is 10.0 Å². The molecule has 0 aliphatic carbocycles. The van der Waals surface area contributed by atoms with Crippen molar-refractivity contribution in [2.75, 3.05) is 27.2 Å². The van der Waals surface area contributed by atoms with Crippen LogP contribution < -0.4 is 0 Å². The van der Waals surface area contributed by atoms with Crippen molar-refractivity contribution < 1.29 is 23.1 Å². The van der Waals surface area contributed by atoms with Crippen LogP contribution in [0.4, 0.5) is 0 Å². The number of sulfonamides is 1. The van der Waals surface area contributed by atoms with E-state index in [0.717, 1.165) is 0 Å². The van der Waals surface area contributed by atoms with E-state index in [4.69, 9.17) is 0 Å². The molecule has 1 N–H and O–H groups in total. The molecule has 1 amide bonds. The van der Waals surface area contributed by atoms with Crippen LogP contribution in [0.25, 0.3) is 0 Å². The number of hydrogen-bond donors (Lipinski definition) is 1. The predicted molar refractivity (Wildman–Crippen MR) is 88.1 cm³/mol. The molecule has 1 fully saturated rings. The van der Waals surface area contributed by atoms with Crippen LogP contribution in [0.15, 0.2) is 29.2 Å². The third kappa shape index (κ3) is 3.76. The molecule has 0 aromatic heterocycles. The first-order valence-electron chi connectivity index (χ1n) is 7.67. The summed E-state index contributed by atoms with van der Waals surface area (Å²) in [6, 6.07) is 5.72. The van der Waals surface area contributed by atoms with Gasteiger partial charge in [0.25, 0.3) is 5.91 Å². The quantitative estimate of drug-likeness (QED) is 0.874. The molecule has 0 bridgehead atoms. The zero-order valence-electron chi connectivity index (χ0n) is 14.0. The highest BCUT2D eigenvalue weighted by atomic mass is 32.2. The smallest absolute Gasteiger partial charge is 0.307 e. The normalized spacial score (nSPS) is 22.1. The van der Waals surface area contributed by atoms with Gasteiger partial charge in [0, 0.05) is 32.7 Å². The lowest BCUT2D eigenvalue weighted by molar-refractivity contribution is -0.143. The molecule has 2 rings (SSSR count). The van der Waals surface area contributed by atoms with E-state index in [9.17, 15) is 23.1 Å². The Labute approximate surface area is 141 Å². The number of rotatable bonds is 4. The summed E-state index contributed by atoms with van der Waals surface area (Å²) in [7, 11) is -0.541. The number of carboxylic acid groups (broad SMARTS) is 1. The second-order valence-electron chi connectivity index (χ2n) is 6.42.